The summed E-state index contributed by atoms with van der Waals surface area (Å²) < 4.78 is 25.2. The number of benzene rings is 2. The molecule has 0 amide bonds. The molecule has 3 fully saturated rings. The van der Waals surface area contributed by atoms with Gasteiger partial charge in [-0.3, -0.25) is 0 Å². The third-order valence-electron chi connectivity index (χ3n) is 12.4. The quantitative estimate of drug-likeness (QED) is 0.148. The minimum atomic E-state index is -1.52. The van der Waals surface area contributed by atoms with Crippen molar-refractivity contribution in [2.45, 2.75) is 56.8 Å². The number of hydrogen-bond donors (Lipinski definition) is 0. The van der Waals surface area contributed by atoms with Crippen LogP contribution < -0.4 is 0 Å². The van der Waals surface area contributed by atoms with Crippen molar-refractivity contribution in [1.29, 1.82) is 0 Å². The van der Waals surface area contributed by atoms with Gasteiger partial charge in [-0.25, -0.2) is 19.9 Å². The molecule has 50 heavy (non-hydrogen) atoms. The topological polar surface area (TPSA) is 88.5 Å². The number of alkyl halides is 4. The third-order valence-corrected chi connectivity index (χ3v) is 16.7. The molecule has 2 heterocycles. The highest BCUT2D eigenvalue weighted by molar-refractivity contribution is 6.43. The van der Waals surface area contributed by atoms with Crippen LogP contribution >= 0.6 is 92.8 Å². The van der Waals surface area contributed by atoms with Gasteiger partial charge in [0.25, 0.3) is 0 Å². The van der Waals surface area contributed by atoms with Gasteiger partial charge >= 0.3 is 0 Å². The van der Waals surface area contributed by atoms with Crippen LogP contribution in [0.5, 0.6) is 0 Å². The van der Waals surface area contributed by atoms with Crippen molar-refractivity contribution in [1.82, 2.24) is 19.9 Å². The SMILES string of the molecule is COC1(OC)[C@@]2(Cl)c3nc4cc(Cl)c(Cl)cc4nc3[C@]1(Cl)[C@@H]1CC[C@H]3[C@@H](CC[C@@H]12)[C@@]1(Cl)c2nc4cc(Cl)c(Cl)cc4nc2[C@]3(Cl)C1(OC)OC. The molecule has 4 bridgehead atoms. The largest absolute Gasteiger partial charge is 0.349 e. The van der Waals surface area contributed by atoms with Crippen LogP contribution in [0.15, 0.2) is 24.3 Å². The summed E-state index contributed by atoms with van der Waals surface area (Å²) in [5, 5.41) is 1.39. The van der Waals surface area contributed by atoms with Crippen LogP contribution in [0.4, 0.5) is 0 Å². The maximum absolute atomic E-state index is 7.93. The van der Waals surface area contributed by atoms with Gasteiger partial charge in [0.2, 0.25) is 11.6 Å². The second-order valence-corrected chi connectivity index (χ2v) is 17.8. The molecule has 3 saturated carbocycles. The van der Waals surface area contributed by atoms with Crippen LogP contribution in [0.3, 0.4) is 0 Å². The van der Waals surface area contributed by atoms with Crippen molar-refractivity contribution >= 4 is 115 Å². The summed E-state index contributed by atoms with van der Waals surface area (Å²) >= 11 is 57.3. The zero-order valence-electron chi connectivity index (χ0n) is 26.9. The molecular weight excluding hydrogens is 812 g/mol. The van der Waals surface area contributed by atoms with E-state index in [1.165, 1.54) is 0 Å². The lowest BCUT2D eigenvalue weighted by Gasteiger charge is -2.44. The Balaban J connectivity index is 1.23. The van der Waals surface area contributed by atoms with Gasteiger partial charge in [0, 0.05) is 28.4 Å². The molecule has 16 heteroatoms. The van der Waals surface area contributed by atoms with Crippen molar-refractivity contribution < 1.29 is 18.9 Å². The molecule has 2 aromatic heterocycles. The van der Waals surface area contributed by atoms with Gasteiger partial charge in [-0.1, -0.05) is 46.4 Å². The molecule has 0 unspecified atom stereocenters. The summed E-state index contributed by atoms with van der Waals surface area (Å²) in [5.74, 6) is -4.16. The normalized spacial score (nSPS) is 37.0. The molecule has 8 atom stereocenters. The lowest BCUT2D eigenvalue weighted by molar-refractivity contribution is -0.239. The molecule has 8 nitrogen and oxygen atoms in total. The molecule has 2 aromatic carbocycles. The molecule has 5 aliphatic carbocycles. The first-order chi connectivity index (χ1) is 23.7. The van der Waals surface area contributed by atoms with E-state index in [9.17, 15) is 0 Å². The molecule has 0 spiro atoms. The Morgan fingerprint density at radius 2 is 0.640 bits per heavy atom. The minimum Gasteiger partial charge on any atom is -0.349 e. The van der Waals surface area contributed by atoms with Crippen molar-refractivity contribution in [3.63, 3.8) is 0 Å². The van der Waals surface area contributed by atoms with Crippen LogP contribution in [-0.2, 0) is 38.4 Å². The molecule has 0 saturated heterocycles. The first kappa shape index (κ1) is 35.0. The van der Waals surface area contributed by atoms with E-state index in [2.05, 4.69) is 0 Å². The molecule has 9 rings (SSSR count). The summed E-state index contributed by atoms with van der Waals surface area (Å²) in [4.78, 5) is 14.8. The Morgan fingerprint density at radius 1 is 0.440 bits per heavy atom. The Morgan fingerprint density at radius 3 is 0.820 bits per heavy atom. The van der Waals surface area contributed by atoms with Crippen LogP contribution in [0.25, 0.3) is 22.1 Å². The number of rotatable bonds is 4. The average molecular weight is 840 g/mol. The smallest absolute Gasteiger partial charge is 0.219 e. The van der Waals surface area contributed by atoms with E-state index in [1.807, 2.05) is 0 Å². The second kappa shape index (κ2) is 10.9. The van der Waals surface area contributed by atoms with E-state index in [1.54, 1.807) is 52.7 Å². The summed E-state index contributed by atoms with van der Waals surface area (Å²) in [5.41, 5.74) is 4.08. The second-order valence-electron chi connectivity index (χ2n) is 13.8. The lowest BCUT2D eigenvalue weighted by Crippen LogP contribution is -2.54. The molecular formula is C34H28Cl8N4O4. The number of halogens is 8. The van der Waals surface area contributed by atoms with Crippen LogP contribution in [0, 0.1) is 23.7 Å². The number of nitrogens with zero attached hydrogens (tertiary/aromatic N) is 4. The van der Waals surface area contributed by atoms with E-state index in [0.29, 0.717) is 90.6 Å². The Kier molecular flexibility index (Phi) is 7.67. The fourth-order valence-electron chi connectivity index (χ4n) is 10.7. The highest BCUT2D eigenvalue weighted by Crippen LogP contribution is 2.81. The summed E-state index contributed by atoms with van der Waals surface area (Å²) in [7, 11) is 6.20. The fourth-order valence-corrected chi connectivity index (χ4v) is 14.2. The lowest BCUT2D eigenvalue weighted by atomic mass is 9.65. The number of hydrogen-bond acceptors (Lipinski definition) is 8. The first-order valence-corrected chi connectivity index (χ1v) is 19.0. The highest BCUT2D eigenvalue weighted by atomic mass is 35.5. The predicted molar refractivity (Wildman–Crippen MR) is 195 cm³/mol. The maximum Gasteiger partial charge on any atom is 0.219 e. The van der Waals surface area contributed by atoms with E-state index in [-0.39, 0.29) is 23.7 Å². The number of fused-ring (bicyclic) bond motifs is 18. The standard InChI is InChI=1S/C34H28Cl8N4O4/c1-47-33(48-2)29(39)13-5-7-15-16(8-6-14(13)30(33,40)26-25(29)43-21-9-17(35)18(36)10-22(21)44-26)32(42)28-27(31(15,41)34(32,49-3)50-4)45-23-11-19(37)20(38)12-24(23)46-28/h9-16H,5-8H2,1-4H3/t13-,14+,15+,16-,29-,30+,31+,32-. The fraction of sp³-hybridized carbons (Fsp3) is 0.529. The monoisotopic (exact) mass is 836 g/mol. The zero-order valence-corrected chi connectivity index (χ0v) is 32.9. The predicted octanol–water partition coefficient (Wildman–Crippen LogP) is 9.69. The Hall–Kier alpha value is -0.720. The summed E-state index contributed by atoms with van der Waals surface area (Å²) in [6, 6.07) is 6.69. The van der Waals surface area contributed by atoms with Gasteiger partial charge in [-0.05, 0) is 73.6 Å². The number of ether oxygens (including phenoxy) is 4. The van der Waals surface area contributed by atoms with Gasteiger partial charge in [-0.2, -0.15) is 0 Å². The Labute approximate surface area is 327 Å². The molecule has 5 aliphatic rings. The van der Waals surface area contributed by atoms with Crippen LogP contribution in [-0.4, -0.2) is 59.9 Å². The van der Waals surface area contributed by atoms with Crippen LogP contribution in [0.1, 0.15) is 48.5 Å². The van der Waals surface area contributed by atoms with Crippen molar-refractivity contribution in [2.24, 2.45) is 23.7 Å². The maximum atomic E-state index is 7.93. The van der Waals surface area contributed by atoms with E-state index in [4.69, 9.17) is 132 Å². The molecule has 0 radical (unpaired) electrons. The Bertz CT molecular complexity index is 1880. The molecule has 0 N–H and O–H groups in total. The zero-order chi connectivity index (χ0) is 35.6. The van der Waals surface area contributed by atoms with Gasteiger partial charge in [0.05, 0.1) is 64.9 Å². The first-order valence-electron chi connectivity index (χ1n) is 16.0. The highest BCUT2D eigenvalue weighted by Gasteiger charge is 2.88. The van der Waals surface area contributed by atoms with Gasteiger partial charge in [-0.15, -0.1) is 46.4 Å². The van der Waals surface area contributed by atoms with Gasteiger partial charge in [0.15, 0.2) is 0 Å². The van der Waals surface area contributed by atoms with E-state index < -0.39 is 31.1 Å². The van der Waals surface area contributed by atoms with Gasteiger partial charge < -0.3 is 18.9 Å². The average Bonchev–Trinajstić information content (AvgIpc) is 3.49. The molecule has 0 aliphatic heterocycles. The van der Waals surface area contributed by atoms with Crippen LogP contribution in [0.2, 0.25) is 20.1 Å². The van der Waals surface area contributed by atoms with E-state index >= 15 is 0 Å². The summed E-state index contributed by atoms with van der Waals surface area (Å²) in [6.45, 7) is 0. The van der Waals surface area contributed by atoms with Crippen molar-refractivity contribution in [2.75, 3.05) is 28.4 Å². The molecule has 264 valence electrons. The number of aromatic nitrogens is 4. The van der Waals surface area contributed by atoms with Crippen molar-refractivity contribution in [3.8, 4) is 0 Å². The minimum absolute atomic E-state index is 0.280. The van der Waals surface area contributed by atoms with Crippen molar-refractivity contribution in [3.05, 3.63) is 67.1 Å². The molecule has 4 aromatic rings. The number of methoxy groups -OCH3 is 4. The van der Waals surface area contributed by atoms with E-state index in [0.717, 1.165) is 0 Å². The summed E-state index contributed by atoms with van der Waals surface area (Å²) in [6.07, 6.45) is 2.23. The van der Waals surface area contributed by atoms with Gasteiger partial charge in [0.1, 0.15) is 19.5 Å². The third kappa shape index (κ3) is 3.53.